The average molecular weight is 273 g/mol. The molecule has 0 heterocycles. The molecule has 5 heteroatoms. The van der Waals surface area contributed by atoms with E-state index in [0.717, 1.165) is 6.07 Å². The van der Waals surface area contributed by atoms with Crippen LogP contribution in [-0.2, 0) is 9.53 Å². The van der Waals surface area contributed by atoms with E-state index < -0.39 is 23.5 Å². The highest BCUT2D eigenvalue weighted by atomic mass is 35.5. The van der Waals surface area contributed by atoms with Crippen molar-refractivity contribution >= 4 is 23.4 Å². The average Bonchev–Trinajstić information content (AvgIpc) is 2.31. The molecular weight excluding hydrogens is 259 g/mol. The number of halogens is 2. The van der Waals surface area contributed by atoms with Gasteiger partial charge >= 0.3 is 5.97 Å². The SMILES string of the molecule is COC(=O)C(C(=O)c1cc(Cl)ccc1F)C(C)C. The molecule has 0 aliphatic rings. The Morgan fingerprint density at radius 3 is 2.44 bits per heavy atom. The van der Waals surface area contributed by atoms with E-state index in [1.54, 1.807) is 13.8 Å². The molecule has 1 aromatic rings. The summed E-state index contributed by atoms with van der Waals surface area (Å²) in [5, 5.41) is 0.243. The highest BCUT2D eigenvalue weighted by Gasteiger charge is 2.33. The maximum atomic E-state index is 13.6. The number of methoxy groups -OCH3 is 1. The third kappa shape index (κ3) is 3.07. The molecule has 1 rings (SSSR count). The van der Waals surface area contributed by atoms with Crippen molar-refractivity contribution in [3.8, 4) is 0 Å². The van der Waals surface area contributed by atoms with Gasteiger partial charge in [-0.3, -0.25) is 9.59 Å². The van der Waals surface area contributed by atoms with E-state index in [-0.39, 0.29) is 16.5 Å². The number of carbonyl (C=O) groups excluding carboxylic acids is 2. The number of carbonyl (C=O) groups is 2. The third-order valence-corrected chi connectivity index (χ3v) is 2.83. The molecule has 1 aromatic carbocycles. The second-order valence-electron chi connectivity index (χ2n) is 4.23. The molecule has 1 unspecified atom stereocenters. The molecule has 18 heavy (non-hydrogen) atoms. The summed E-state index contributed by atoms with van der Waals surface area (Å²) in [4.78, 5) is 23.7. The molecule has 0 fully saturated rings. The Labute approximate surface area is 110 Å². The molecule has 0 saturated heterocycles. The molecule has 0 spiro atoms. The fourth-order valence-corrected chi connectivity index (χ4v) is 1.83. The minimum atomic E-state index is -1.03. The highest BCUT2D eigenvalue weighted by molar-refractivity contribution is 6.31. The summed E-state index contributed by atoms with van der Waals surface area (Å²) < 4.78 is 18.2. The van der Waals surface area contributed by atoms with Crippen molar-refractivity contribution in [2.75, 3.05) is 7.11 Å². The molecule has 1 atom stereocenters. The highest BCUT2D eigenvalue weighted by Crippen LogP contribution is 2.23. The van der Waals surface area contributed by atoms with Gasteiger partial charge in [-0.25, -0.2) is 4.39 Å². The van der Waals surface area contributed by atoms with E-state index in [2.05, 4.69) is 4.74 Å². The van der Waals surface area contributed by atoms with Crippen LogP contribution >= 0.6 is 11.6 Å². The number of ether oxygens (including phenoxy) is 1. The number of esters is 1. The van der Waals surface area contributed by atoms with E-state index in [4.69, 9.17) is 11.6 Å². The zero-order valence-corrected chi connectivity index (χ0v) is 11.1. The lowest BCUT2D eigenvalue weighted by Gasteiger charge is -2.17. The normalized spacial score (nSPS) is 12.3. The minimum Gasteiger partial charge on any atom is -0.468 e. The van der Waals surface area contributed by atoms with Crippen molar-refractivity contribution in [2.24, 2.45) is 11.8 Å². The monoisotopic (exact) mass is 272 g/mol. The molecule has 0 aromatic heterocycles. The second kappa shape index (κ2) is 5.96. The van der Waals surface area contributed by atoms with Crippen LogP contribution in [0, 0.1) is 17.7 Å². The standard InChI is InChI=1S/C13H14ClFO3/c1-7(2)11(13(17)18-3)12(16)9-6-8(14)4-5-10(9)15/h4-7,11H,1-3H3. The van der Waals surface area contributed by atoms with Crippen molar-refractivity contribution in [3.05, 3.63) is 34.6 Å². The largest absolute Gasteiger partial charge is 0.468 e. The van der Waals surface area contributed by atoms with Crippen LogP contribution in [0.4, 0.5) is 4.39 Å². The van der Waals surface area contributed by atoms with Crippen molar-refractivity contribution in [1.29, 1.82) is 0 Å². The summed E-state index contributed by atoms with van der Waals surface area (Å²) >= 11 is 5.72. The van der Waals surface area contributed by atoms with Crippen LogP contribution in [0.5, 0.6) is 0 Å². The number of hydrogen-bond donors (Lipinski definition) is 0. The van der Waals surface area contributed by atoms with Gasteiger partial charge in [-0.2, -0.15) is 0 Å². The fourth-order valence-electron chi connectivity index (χ4n) is 1.66. The zero-order chi connectivity index (χ0) is 13.9. The summed E-state index contributed by atoms with van der Waals surface area (Å²) in [5.74, 6) is -3.29. The first kappa shape index (κ1) is 14.6. The second-order valence-corrected chi connectivity index (χ2v) is 4.67. The Morgan fingerprint density at radius 1 is 1.33 bits per heavy atom. The molecule has 0 bridgehead atoms. The lowest BCUT2D eigenvalue weighted by atomic mass is 9.88. The van der Waals surface area contributed by atoms with Gasteiger partial charge in [0.05, 0.1) is 12.7 Å². The number of Topliss-reactive ketones (excluding diaryl/α,β-unsaturated/α-hetero) is 1. The molecule has 0 saturated carbocycles. The van der Waals surface area contributed by atoms with E-state index >= 15 is 0 Å². The van der Waals surface area contributed by atoms with Gasteiger partial charge in [0.25, 0.3) is 0 Å². The van der Waals surface area contributed by atoms with Crippen LogP contribution in [0.2, 0.25) is 5.02 Å². The summed E-state index contributed by atoms with van der Waals surface area (Å²) in [5.41, 5.74) is -0.188. The number of hydrogen-bond acceptors (Lipinski definition) is 3. The van der Waals surface area contributed by atoms with Gasteiger partial charge in [0.15, 0.2) is 5.78 Å². The molecule has 3 nitrogen and oxygen atoms in total. The van der Waals surface area contributed by atoms with Gasteiger partial charge in [-0.1, -0.05) is 25.4 Å². The Morgan fingerprint density at radius 2 is 1.94 bits per heavy atom. The van der Waals surface area contributed by atoms with Crippen molar-refractivity contribution < 1.29 is 18.7 Å². The first-order valence-corrected chi connectivity index (χ1v) is 5.83. The van der Waals surface area contributed by atoms with Gasteiger partial charge in [-0.05, 0) is 24.1 Å². The maximum Gasteiger partial charge on any atom is 0.316 e. The number of rotatable bonds is 4. The van der Waals surface area contributed by atoms with Gasteiger partial charge in [-0.15, -0.1) is 0 Å². The van der Waals surface area contributed by atoms with E-state index in [9.17, 15) is 14.0 Å². The van der Waals surface area contributed by atoms with E-state index in [1.165, 1.54) is 19.2 Å². The summed E-state index contributed by atoms with van der Waals surface area (Å²) in [6.45, 7) is 3.39. The Balaban J connectivity index is 3.17. The van der Waals surface area contributed by atoms with Gasteiger partial charge in [0.2, 0.25) is 0 Å². The number of ketones is 1. The van der Waals surface area contributed by atoms with Crippen molar-refractivity contribution in [2.45, 2.75) is 13.8 Å². The molecule has 0 N–H and O–H groups in total. The van der Waals surface area contributed by atoms with Crippen molar-refractivity contribution in [3.63, 3.8) is 0 Å². The van der Waals surface area contributed by atoms with Crippen LogP contribution < -0.4 is 0 Å². The van der Waals surface area contributed by atoms with Crippen LogP contribution in [0.1, 0.15) is 24.2 Å². The molecule has 98 valence electrons. The maximum absolute atomic E-state index is 13.6. The predicted octanol–water partition coefficient (Wildman–Crippen LogP) is 3.11. The molecular formula is C13H14ClFO3. The van der Waals surface area contributed by atoms with Crippen molar-refractivity contribution in [1.82, 2.24) is 0 Å². The van der Waals surface area contributed by atoms with Crippen LogP contribution in [0.25, 0.3) is 0 Å². The molecule has 0 radical (unpaired) electrons. The van der Waals surface area contributed by atoms with Crippen LogP contribution in [-0.4, -0.2) is 18.9 Å². The topological polar surface area (TPSA) is 43.4 Å². The molecule has 0 aliphatic carbocycles. The first-order chi connectivity index (χ1) is 8.38. The minimum absolute atomic E-state index is 0.188. The van der Waals surface area contributed by atoms with Gasteiger partial charge in [0.1, 0.15) is 11.7 Å². The lowest BCUT2D eigenvalue weighted by molar-refractivity contribution is -0.144. The first-order valence-electron chi connectivity index (χ1n) is 5.45. The summed E-state index contributed by atoms with van der Waals surface area (Å²) in [6, 6.07) is 3.66. The van der Waals surface area contributed by atoms with Crippen LogP contribution in [0.15, 0.2) is 18.2 Å². The zero-order valence-electron chi connectivity index (χ0n) is 10.4. The lowest BCUT2D eigenvalue weighted by Crippen LogP contribution is -2.30. The Kier molecular flexibility index (Phi) is 4.84. The summed E-state index contributed by atoms with van der Waals surface area (Å²) in [7, 11) is 1.19. The Hall–Kier alpha value is -1.42. The van der Waals surface area contributed by atoms with E-state index in [1.807, 2.05) is 0 Å². The quantitative estimate of drug-likeness (QED) is 0.480. The number of benzene rings is 1. The summed E-state index contributed by atoms with van der Waals surface area (Å²) in [6.07, 6.45) is 0. The van der Waals surface area contributed by atoms with Gasteiger partial charge in [0, 0.05) is 5.02 Å². The van der Waals surface area contributed by atoms with Crippen LogP contribution in [0.3, 0.4) is 0 Å². The molecule has 0 aliphatic heterocycles. The van der Waals surface area contributed by atoms with Gasteiger partial charge < -0.3 is 4.74 Å². The smallest absolute Gasteiger partial charge is 0.316 e. The Bertz CT molecular complexity index is 471. The van der Waals surface area contributed by atoms with E-state index in [0.29, 0.717) is 0 Å². The molecule has 0 amide bonds. The third-order valence-electron chi connectivity index (χ3n) is 2.60. The fraction of sp³-hybridized carbons (Fsp3) is 0.385. The predicted molar refractivity (Wildman–Crippen MR) is 66.1 cm³/mol.